The fraction of sp³-hybridized carbons (Fsp3) is 0.667. The number of methoxy groups -OCH3 is 1. The van der Waals surface area contributed by atoms with Gasteiger partial charge in [0.1, 0.15) is 0 Å². The van der Waals surface area contributed by atoms with E-state index in [1.165, 1.54) is 4.88 Å². The smallest absolute Gasteiger partial charge is 0.229 e. The predicted octanol–water partition coefficient (Wildman–Crippen LogP) is 1.11. The molecular weight excluding hydrogens is 198 g/mol. The van der Waals surface area contributed by atoms with Crippen molar-refractivity contribution in [2.45, 2.75) is 12.8 Å². The number of hydrogen-bond acceptors (Lipinski definition) is 5. The van der Waals surface area contributed by atoms with Gasteiger partial charge in [0, 0.05) is 14.1 Å². The van der Waals surface area contributed by atoms with Gasteiger partial charge in [-0.25, -0.2) is 0 Å². The van der Waals surface area contributed by atoms with Crippen LogP contribution >= 0.6 is 11.3 Å². The van der Waals surface area contributed by atoms with Crippen LogP contribution in [0.15, 0.2) is 0 Å². The number of aryl methyl sites for hydroxylation is 1. The summed E-state index contributed by atoms with van der Waals surface area (Å²) in [6, 6.07) is 0. The Labute approximate surface area is 88.7 Å². The largest absolute Gasteiger partial charge is 0.480 e. The number of aromatic nitrogens is 1. The fourth-order valence-corrected chi connectivity index (χ4v) is 2.09. The van der Waals surface area contributed by atoms with E-state index in [0.29, 0.717) is 6.54 Å². The molecule has 0 aliphatic carbocycles. The van der Waals surface area contributed by atoms with Crippen molar-refractivity contribution in [3.05, 3.63) is 4.88 Å². The zero-order valence-corrected chi connectivity index (χ0v) is 9.73. The highest BCUT2D eigenvalue weighted by molar-refractivity contribution is 7.15. The van der Waals surface area contributed by atoms with Crippen molar-refractivity contribution in [3.8, 4) is 5.88 Å². The molecule has 0 bridgehead atoms. The molecular formula is C9H17N3OS. The Morgan fingerprint density at radius 1 is 1.50 bits per heavy atom. The molecule has 0 aliphatic rings. The van der Waals surface area contributed by atoms with Crippen molar-refractivity contribution in [2.24, 2.45) is 5.73 Å². The van der Waals surface area contributed by atoms with Gasteiger partial charge in [-0.2, -0.15) is 4.98 Å². The van der Waals surface area contributed by atoms with Crippen molar-refractivity contribution in [1.29, 1.82) is 0 Å². The molecule has 4 nitrogen and oxygen atoms in total. The molecule has 0 atom stereocenters. The molecule has 0 spiro atoms. The molecule has 0 saturated heterocycles. The minimum Gasteiger partial charge on any atom is -0.480 e. The molecule has 0 aromatic carbocycles. The maximum absolute atomic E-state index is 5.47. The SMILES string of the molecule is COc1nc(N(C)C)sc1CCCN. The van der Waals surface area contributed by atoms with Gasteiger partial charge in [-0.3, -0.25) is 0 Å². The standard InChI is InChI=1S/C9H17N3OS/c1-12(2)9-11-8(13-3)7(14-9)5-4-6-10/h4-6,10H2,1-3H3. The van der Waals surface area contributed by atoms with Crippen LogP contribution in [0.2, 0.25) is 0 Å². The Morgan fingerprint density at radius 2 is 2.21 bits per heavy atom. The quantitative estimate of drug-likeness (QED) is 0.799. The van der Waals surface area contributed by atoms with Crippen molar-refractivity contribution < 1.29 is 4.74 Å². The van der Waals surface area contributed by atoms with E-state index in [4.69, 9.17) is 10.5 Å². The van der Waals surface area contributed by atoms with E-state index in [-0.39, 0.29) is 0 Å². The zero-order valence-electron chi connectivity index (χ0n) is 8.91. The molecule has 14 heavy (non-hydrogen) atoms. The fourth-order valence-electron chi connectivity index (χ4n) is 1.10. The van der Waals surface area contributed by atoms with Gasteiger partial charge in [0.25, 0.3) is 0 Å². The number of thiazole rings is 1. The lowest BCUT2D eigenvalue weighted by Crippen LogP contribution is -2.07. The number of nitrogens with two attached hydrogens (primary N) is 1. The summed E-state index contributed by atoms with van der Waals surface area (Å²) in [6.45, 7) is 0.707. The molecule has 0 radical (unpaired) electrons. The molecule has 0 saturated carbocycles. The number of rotatable bonds is 5. The molecule has 1 heterocycles. The first-order valence-corrected chi connectivity index (χ1v) is 5.41. The van der Waals surface area contributed by atoms with Crippen LogP contribution in [0, 0.1) is 0 Å². The minimum absolute atomic E-state index is 0.707. The van der Waals surface area contributed by atoms with E-state index < -0.39 is 0 Å². The Kier molecular flexibility index (Phi) is 4.16. The minimum atomic E-state index is 0.707. The highest BCUT2D eigenvalue weighted by Crippen LogP contribution is 2.31. The molecule has 80 valence electrons. The summed E-state index contributed by atoms with van der Waals surface area (Å²) in [7, 11) is 5.61. The summed E-state index contributed by atoms with van der Waals surface area (Å²) in [5.41, 5.74) is 5.47. The second kappa shape index (κ2) is 5.17. The predicted molar refractivity (Wildman–Crippen MR) is 60.4 cm³/mol. The number of ether oxygens (including phenoxy) is 1. The molecule has 2 N–H and O–H groups in total. The molecule has 0 fully saturated rings. The molecule has 1 aromatic heterocycles. The second-order valence-electron chi connectivity index (χ2n) is 3.22. The lowest BCUT2D eigenvalue weighted by Gasteiger charge is -2.04. The highest BCUT2D eigenvalue weighted by atomic mass is 32.1. The monoisotopic (exact) mass is 215 g/mol. The molecule has 1 aromatic rings. The van der Waals surface area contributed by atoms with Crippen LogP contribution in [0.1, 0.15) is 11.3 Å². The van der Waals surface area contributed by atoms with Gasteiger partial charge in [0.2, 0.25) is 5.88 Å². The van der Waals surface area contributed by atoms with Crippen LogP contribution in [0.4, 0.5) is 5.13 Å². The topological polar surface area (TPSA) is 51.4 Å². The zero-order chi connectivity index (χ0) is 10.6. The van der Waals surface area contributed by atoms with Crippen LogP contribution in [0.5, 0.6) is 5.88 Å². The first-order chi connectivity index (χ1) is 6.69. The van der Waals surface area contributed by atoms with Crippen molar-refractivity contribution in [2.75, 3.05) is 32.6 Å². The number of nitrogens with zero attached hydrogens (tertiary/aromatic N) is 2. The van der Waals surface area contributed by atoms with Gasteiger partial charge in [-0.15, -0.1) is 0 Å². The van der Waals surface area contributed by atoms with E-state index in [0.717, 1.165) is 23.9 Å². The maximum atomic E-state index is 5.47. The van der Waals surface area contributed by atoms with Gasteiger partial charge in [-0.05, 0) is 19.4 Å². The summed E-state index contributed by atoms with van der Waals surface area (Å²) in [6.07, 6.45) is 1.93. The Bertz CT molecular complexity index is 286. The normalized spacial score (nSPS) is 10.3. The van der Waals surface area contributed by atoms with E-state index in [9.17, 15) is 0 Å². The van der Waals surface area contributed by atoms with Crippen LogP contribution in [-0.4, -0.2) is 32.7 Å². The Morgan fingerprint density at radius 3 is 2.71 bits per heavy atom. The lowest BCUT2D eigenvalue weighted by atomic mass is 10.3. The average molecular weight is 215 g/mol. The van der Waals surface area contributed by atoms with Gasteiger partial charge in [-0.1, -0.05) is 11.3 Å². The van der Waals surface area contributed by atoms with Gasteiger partial charge in [0.15, 0.2) is 5.13 Å². The third-order valence-electron chi connectivity index (χ3n) is 1.83. The summed E-state index contributed by atoms with van der Waals surface area (Å²) in [4.78, 5) is 7.53. The molecule has 1 rings (SSSR count). The third kappa shape index (κ3) is 2.59. The molecule has 5 heteroatoms. The average Bonchev–Trinajstić information content (AvgIpc) is 2.57. The third-order valence-corrected chi connectivity index (χ3v) is 3.10. The summed E-state index contributed by atoms with van der Waals surface area (Å²) in [5, 5.41) is 0.980. The second-order valence-corrected chi connectivity index (χ2v) is 4.28. The Balaban J connectivity index is 2.79. The van der Waals surface area contributed by atoms with Gasteiger partial charge >= 0.3 is 0 Å². The highest BCUT2D eigenvalue weighted by Gasteiger charge is 2.11. The maximum Gasteiger partial charge on any atom is 0.229 e. The first kappa shape index (κ1) is 11.3. The summed E-state index contributed by atoms with van der Waals surface area (Å²) < 4.78 is 5.21. The lowest BCUT2D eigenvalue weighted by molar-refractivity contribution is 0.396. The first-order valence-electron chi connectivity index (χ1n) is 4.60. The van der Waals surface area contributed by atoms with Crippen LogP contribution < -0.4 is 15.4 Å². The van der Waals surface area contributed by atoms with Crippen LogP contribution in [0.25, 0.3) is 0 Å². The van der Waals surface area contributed by atoms with Crippen molar-refractivity contribution in [3.63, 3.8) is 0 Å². The van der Waals surface area contributed by atoms with E-state index in [1.54, 1.807) is 18.4 Å². The van der Waals surface area contributed by atoms with Crippen molar-refractivity contribution >= 4 is 16.5 Å². The van der Waals surface area contributed by atoms with Crippen LogP contribution in [0.3, 0.4) is 0 Å². The summed E-state index contributed by atoms with van der Waals surface area (Å²) >= 11 is 1.67. The molecule has 0 amide bonds. The molecule has 0 aliphatic heterocycles. The van der Waals surface area contributed by atoms with Crippen LogP contribution in [-0.2, 0) is 6.42 Å². The summed E-state index contributed by atoms with van der Waals surface area (Å²) in [5.74, 6) is 0.743. The van der Waals surface area contributed by atoms with Crippen molar-refractivity contribution in [1.82, 2.24) is 4.98 Å². The van der Waals surface area contributed by atoms with E-state index >= 15 is 0 Å². The van der Waals surface area contributed by atoms with Gasteiger partial charge < -0.3 is 15.4 Å². The van der Waals surface area contributed by atoms with E-state index in [1.807, 2.05) is 19.0 Å². The Hall–Kier alpha value is -0.810. The molecule has 0 unspecified atom stereocenters. The number of hydrogen-bond donors (Lipinski definition) is 1. The van der Waals surface area contributed by atoms with Gasteiger partial charge in [0.05, 0.1) is 12.0 Å². The number of anilines is 1. The van der Waals surface area contributed by atoms with E-state index in [2.05, 4.69) is 4.98 Å².